The van der Waals surface area contributed by atoms with E-state index in [2.05, 4.69) is 5.32 Å². The Kier molecular flexibility index (Phi) is 5.25. The molecule has 0 bridgehead atoms. The molecule has 0 aromatic heterocycles. The van der Waals surface area contributed by atoms with Crippen LogP contribution in [0.2, 0.25) is 0 Å². The zero-order valence-electron chi connectivity index (χ0n) is 12.6. The van der Waals surface area contributed by atoms with Crippen molar-refractivity contribution in [3.63, 3.8) is 0 Å². The second-order valence-electron chi connectivity index (χ2n) is 4.67. The maximum Gasteiger partial charge on any atom is 0.255 e. The maximum absolute atomic E-state index is 12.1. The number of ether oxygens (including phenoxy) is 2. The van der Waals surface area contributed by atoms with Crippen molar-refractivity contribution >= 4 is 5.91 Å². The summed E-state index contributed by atoms with van der Waals surface area (Å²) in [4.78, 5) is 12.1. The standard InChI is InChI=1S/C17H19NO4/c1-21-14-8-4-3-6-12(14)10-11-18-17(20)13-7-5-9-15(22-2)16(13)19/h3-9,19H,10-11H2,1-2H3,(H,18,20). The van der Waals surface area contributed by atoms with Crippen LogP contribution in [0.1, 0.15) is 15.9 Å². The van der Waals surface area contributed by atoms with Crippen LogP contribution in [0.25, 0.3) is 0 Å². The van der Waals surface area contributed by atoms with Gasteiger partial charge in [-0.3, -0.25) is 4.79 Å². The number of nitrogens with one attached hydrogen (secondary N) is 1. The minimum Gasteiger partial charge on any atom is -0.504 e. The summed E-state index contributed by atoms with van der Waals surface area (Å²) in [6.45, 7) is 0.440. The van der Waals surface area contributed by atoms with Crippen molar-refractivity contribution in [2.45, 2.75) is 6.42 Å². The van der Waals surface area contributed by atoms with Gasteiger partial charge in [0.15, 0.2) is 11.5 Å². The normalized spacial score (nSPS) is 10.1. The van der Waals surface area contributed by atoms with Gasteiger partial charge in [-0.1, -0.05) is 24.3 Å². The number of rotatable bonds is 6. The first-order chi connectivity index (χ1) is 10.7. The summed E-state index contributed by atoms with van der Waals surface area (Å²) in [5.74, 6) is 0.574. The van der Waals surface area contributed by atoms with Crippen LogP contribution in [0.5, 0.6) is 17.2 Å². The first kappa shape index (κ1) is 15.7. The zero-order chi connectivity index (χ0) is 15.9. The van der Waals surface area contributed by atoms with Gasteiger partial charge in [0.25, 0.3) is 5.91 Å². The van der Waals surface area contributed by atoms with Crippen molar-refractivity contribution in [1.29, 1.82) is 0 Å². The maximum atomic E-state index is 12.1. The highest BCUT2D eigenvalue weighted by molar-refractivity contribution is 5.97. The number of para-hydroxylation sites is 2. The van der Waals surface area contributed by atoms with Crippen LogP contribution in [0.3, 0.4) is 0 Å². The van der Waals surface area contributed by atoms with Crippen molar-refractivity contribution in [3.05, 3.63) is 53.6 Å². The average Bonchev–Trinajstić information content (AvgIpc) is 2.55. The van der Waals surface area contributed by atoms with Crippen LogP contribution < -0.4 is 14.8 Å². The second kappa shape index (κ2) is 7.36. The highest BCUT2D eigenvalue weighted by atomic mass is 16.5. The summed E-state index contributed by atoms with van der Waals surface area (Å²) in [6.07, 6.45) is 0.639. The lowest BCUT2D eigenvalue weighted by molar-refractivity contribution is 0.0950. The molecule has 22 heavy (non-hydrogen) atoms. The number of phenols is 1. The number of amides is 1. The summed E-state index contributed by atoms with van der Waals surface area (Å²) < 4.78 is 10.3. The van der Waals surface area contributed by atoms with Crippen LogP contribution in [-0.4, -0.2) is 31.8 Å². The Hall–Kier alpha value is -2.69. The topological polar surface area (TPSA) is 67.8 Å². The molecule has 0 aliphatic carbocycles. The quantitative estimate of drug-likeness (QED) is 0.859. The number of aromatic hydroxyl groups is 1. The minimum absolute atomic E-state index is 0.153. The number of phenolic OH excluding ortho intramolecular Hbond substituents is 1. The summed E-state index contributed by atoms with van der Waals surface area (Å²) in [5, 5.41) is 12.7. The molecule has 2 rings (SSSR count). The number of benzene rings is 2. The van der Waals surface area contributed by atoms with Gasteiger partial charge in [-0.15, -0.1) is 0 Å². The molecule has 2 aromatic carbocycles. The van der Waals surface area contributed by atoms with Gasteiger partial charge in [0.05, 0.1) is 19.8 Å². The zero-order valence-corrected chi connectivity index (χ0v) is 12.6. The Balaban J connectivity index is 1.99. The van der Waals surface area contributed by atoms with Gasteiger partial charge < -0.3 is 19.9 Å². The second-order valence-corrected chi connectivity index (χ2v) is 4.67. The Bertz CT molecular complexity index is 655. The molecule has 0 heterocycles. The molecule has 0 spiro atoms. The summed E-state index contributed by atoms with van der Waals surface area (Å²) in [5.41, 5.74) is 1.21. The fourth-order valence-electron chi connectivity index (χ4n) is 2.19. The lowest BCUT2D eigenvalue weighted by atomic mass is 10.1. The van der Waals surface area contributed by atoms with Gasteiger partial charge in [0, 0.05) is 6.54 Å². The highest BCUT2D eigenvalue weighted by Crippen LogP contribution is 2.29. The molecule has 0 fully saturated rings. The third kappa shape index (κ3) is 3.49. The van der Waals surface area contributed by atoms with E-state index >= 15 is 0 Å². The van der Waals surface area contributed by atoms with Crippen LogP contribution in [-0.2, 0) is 6.42 Å². The smallest absolute Gasteiger partial charge is 0.255 e. The van der Waals surface area contributed by atoms with Gasteiger partial charge >= 0.3 is 0 Å². The van der Waals surface area contributed by atoms with E-state index in [0.717, 1.165) is 11.3 Å². The summed E-state index contributed by atoms with van der Waals surface area (Å²) >= 11 is 0. The SMILES string of the molecule is COc1ccccc1CCNC(=O)c1cccc(OC)c1O. The molecule has 0 radical (unpaired) electrons. The minimum atomic E-state index is -0.341. The number of carbonyl (C=O) groups is 1. The van der Waals surface area contributed by atoms with E-state index in [1.54, 1.807) is 25.3 Å². The molecule has 0 unspecified atom stereocenters. The molecule has 1 amide bonds. The predicted molar refractivity (Wildman–Crippen MR) is 83.7 cm³/mol. The fraction of sp³-hybridized carbons (Fsp3) is 0.235. The largest absolute Gasteiger partial charge is 0.504 e. The molecular weight excluding hydrogens is 282 g/mol. The van der Waals surface area contributed by atoms with Gasteiger partial charge in [-0.05, 0) is 30.2 Å². The summed E-state index contributed by atoms with van der Waals surface area (Å²) in [6, 6.07) is 12.5. The van der Waals surface area contributed by atoms with E-state index < -0.39 is 0 Å². The first-order valence-electron chi connectivity index (χ1n) is 6.93. The number of carbonyl (C=O) groups excluding carboxylic acids is 1. The summed E-state index contributed by atoms with van der Waals surface area (Å²) in [7, 11) is 3.06. The molecule has 0 saturated heterocycles. The van der Waals surface area contributed by atoms with E-state index in [1.807, 2.05) is 24.3 Å². The predicted octanol–water partition coefficient (Wildman–Crippen LogP) is 2.38. The molecular formula is C17H19NO4. The average molecular weight is 301 g/mol. The Morgan fingerprint density at radius 2 is 1.73 bits per heavy atom. The third-order valence-corrected chi connectivity index (χ3v) is 3.34. The van der Waals surface area contributed by atoms with Crippen LogP contribution in [0.15, 0.2) is 42.5 Å². The molecule has 2 N–H and O–H groups in total. The van der Waals surface area contributed by atoms with E-state index in [9.17, 15) is 9.90 Å². The molecule has 0 saturated carbocycles. The van der Waals surface area contributed by atoms with Gasteiger partial charge in [0.2, 0.25) is 0 Å². The first-order valence-corrected chi connectivity index (χ1v) is 6.93. The molecule has 0 aliphatic heterocycles. The number of hydrogen-bond donors (Lipinski definition) is 2. The van der Waals surface area contributed by atoms with Crippen molar-refractivity contribution in [3.8, 4) is 17.2 Å². The van der Waals surface area contributed by atoms with E-state index in [0.29, 0.717) is 13.0 Å². The molecule has 5 nitrogen and oxygen atoms in total. The van der Waals surface area contributed by atoms with Crippen molar-refractivity contribution < 1.29 is 19.4 Å². The van der Waals surface area contributed by atoms with Crippen LogP contribution in [0.4, 0.5) is 0 Å². The number of hydrogen-bond acceptors (Lipinski definition) is 4. The molecule has 5 heteroatoms. The molecule has 0 aliphatic rings. The third-order valence-electron chi connectivity index (χ3n) is 3.34. The molecule has 116 valence electrons. The highest BCUT2D eigenvalue weighted by Gasteiger charge is 2.14. The van der Waals surface area contributed by atoms with Crippen LogP contribution in [0, 0.1) is 0 Å². The molecule has 2 aromatic rings. The Morgan fingerprint density at radius 1 is 1.05 bits per heavy atom. The lowest BCUT2D eigenvalue weighted by Gasteiger charge is -2.11. The fourth-order valence-corrected chi connectivity index (χ4v) is 2.19. The lowest BCUT2D eigenvalue weighted by Crippen LogP contribution is -2.25. The van der Waals surface area contributed by atoms with Crippen molar-refractivity contribution in [2.24, 2.45) is 0 Å². The van der Waals surface area contributed by atoms with Crippen molar-refractivity contribution in [2.75, 3.05) is 20.8 Å². The van der Waals surface area contributed by atoms with Crippen LogP contribution >= 0.6 is 0 Å². The monoisotopic (exact) mass is 301 g/mol. The van der Waals surface area contributed by atoms with Gasteiger partial charge in [-0.25, -0.2) is 0 Å². The number of methoxy groups -OCH3 is 2. The van der Waals surface area contributed by atoms with Gasteiger partial charge in [0.1, 0.15) is 5.75 Å². The van der Waals surface area contributed by atoms with E-state index in [-0.39, 0.29) is 23.0 Å². The van der Waals surface area contributed by atoms with Gasteiger partial charge in [-0.2, -0.15) is 0 Å². The van der Waals surface area contributed by atoms with Crippen molar-refractivity contribution in [1.82, 2.24) is 5.32 Å². The Labute approximate surface area is 129 Å². The van der Waals surface area contributed by atoms with E-state index in [1.165, 1.54) is 7.11 Å². The Morgan fingerprint density at radius 3 is 2.45 bits per heavy atom. The molecule has 0 atom stereocenters. The van der Waals surface area contributed by atoms with E-state index in [4.69, 9.17) is 9.47 Å².